The molecule has 3 aromatic rings. The maximum absolute atomic E-state index is 13.3. The molecule has 1 aromatic carbocycles. The lowest BCUT2D eigenvalue weighted by molar-refractivity contribution is 0.0710. The van der Waals surface area contributed by atoms with Crippen LogP contribution in [0.1, 0.15) is 126 Å². The average molecular weight is 587 g/mol. The Morgan fingerprint density at radius 2 is 1.37 bits per heavy atom. The number of hydrogen-bond donors (Lipinski definition) is 1. The van der Waals surface area contributed by atoms with Crippen LogP contribution in [0, 0.1) is 0 Å². The van der Waals surface area contributed by atoms with Crippen LogP contribution in [0.15, 0.2) is 24.3 Å². The Morgan fingerprint density at radius 1 is 0.814 bits per heavy atom. The molecule has 0 bridgehead atoms. The Hall–Kier alpha value is -3.62. The number of nitrogens with one attached hydrogen (secondary N) is 1. The van der Waals surface area contributed by atoms with Crippen LogP contribution in [-0.2, 0) is 32.2 Å². The minimum absolute atomic E-state index is 0.0744. The maximum atomic E-state index is 13.3. The van der Waals surface area contributed by atoms with Gasteiger partial charge in [-0.25, -0.2) is 0 Å². The van der Waals surface area contributed by atoms with E-state index in [4.69, 9.17) is 14.9 Å². The van der Waals surface area contributed by atoms with Gasteiger partial charge in [0, 0.05) is 30.8 Å². The average Bonchev–Trinajstić information content (AvgIpc) is 3.85. The summed E-state index contributed by atoms with van der Waals surface area (Å²) < 4.78 is 9.32. The number of methoxy groups -OCH3 is 1. The molecule has 9 nitrogen and oxygen atoms in total. The van der Waals surface area contributed by atoms with Crippen molar-refractivity contribution in [2.75, 3.05) is 20.2 Å². The molecular weight excluding hydrogens is 540 g/mol. The Balaban J connectivity index is 0.000000167. The molecule has 43 heavy (non-hydrogen) atoms. The van der Waals surface area contributed by atoms with Gasteiger partial charge in [-0.2, -0.15) is 10.2 Å². The van der Waals surface area contributed by atoms with E-state index in [-0.39, 0.29) is 11.8 Å². The highest BCUT2D eigenvalue weighted by molar-refractivity contribution is 5.96. The van der Waals surface area contributed by atoms with Crippen LogP contribution in [0.3, 0.4) is 0 Å². The lowest BCUT2D eigenvalue weighted by Crippen LogP contribution is -2.38. The van der Waals surface area contributed by atoms with Gasteiger partial charge in [-0.1, -0.05) is 51.7 Å². The summed E-state index contributed by atoms with van der Waals surface area (Å²) in [6, 6.07) is 8.82. The third kappa shape index (κ3) is 5.83. The zero-order valence-corrected chi connectivity index (χ0v) is 26.0. The maximum Gasteiger partial charge on any atom is 0.272 e. The summed E-state index contributed by atoms with van der Waals surface area (Å²) in [6.07, 6.45) is 13.3. The number of aryl methyl sites for hydroxylation is 2. The van der Waals surface area contributed by atoms with E-state index in [0.29, 0.717) is 18.6 Å². The highest BCUT2D eigenvalue weighted by atomic mass is 16.5. The van der Waals surface area contributed by atoms with Crippen molar-refractivity contribution in [3.05, 3.63) is 63.7 Å². The van der Waals surface area contributed by atoms with Crippen LogP contribution in [0.2, 0.25) is 0 Å². The summed E-state index contributed by atoms with van der Waals surface area (Å²) in [4.78, 5) is 27.3. The van der Waals surface area contributed by atoms with Crippen molar-refractivity contribution < 1.29 is 14.3 Å². The van der Waals surface area contributed by atoms with Crippen molar-refractivity contribution in [2.45, 2.75) is 110 Å². The lowest BCUT2D eigenvalue weighted by atomic mass is 10.0. The van der Waals surface area contributed by atoms with Crippen molar-refractivity contribution >= 4 is 11.8 Å². The number of benzene rings is 1. The minimum Gasteiger partial charge on any atom is -0.497 e. The summed E-state index contributed by atoms with van der Waals surface area (Å²) in [5.74, 6) is 1.06. The van der Waals surface area contributed by atoms with Crippen LogP contribution in [-0.4, -0.2) is 56.5 Å². The van der Waals surface area contributed by atoms with Gasteiger partial charge in [0.1, 0.15) is 17.1 Å². The zero-order valence-electron chi connectivity index (χ0n) is 26.0. The van der Waals surface area contributed by atoms with Crippen molar-refractivity contribution in [1.82, 2.24) is 29.8 Å². The number of aromatic nitrogens is 4. The first-order valence-corrected chi connectivity index (χ1v) is 16.4. The Kier molecular flexibility index (Phi) is 8.86. The van der Waals surface area contributed by atoms with Crippen molar-refractivity contribution in [3.63, 3.8) is 0 Å². The molecule has 4 heterocycles. The molecule has 1 N–H and O–H groups in total. The van der Waals surface area contributed by atoms with E-state index < -0.39 is 0 Å². The number of nitrogens with zero attached hydrogens (tertiary/aromatic N) is 5. The fourth-order valence-electron chi connectivity index (χ4n) is 7.40. The molecule has 7 rings (SSSR count). The van der Waals surface area contributed by atoms with Crippen molar-refractivity contribution in [2.24, 2.45) is 0 Å². The number of amides is 2. The molecule has 2 aliphatic carbocycles. The molecule has 0 atom stereocenters. The van der Waals surface area contributed by atoms with Crippen LogP contribution in [0.4, 0.5) is 0 Å². The first kappa shape index (κ1) is 29.5. The summed E-state index contributed by atoms with van der Waals surface area (Å²) >= 11 is 0. The van der Waals surface area contributed by atoms with E-state index in [2.05, 4.69) is 23.8 Å². The van der Waals surface area contributed by atoms with E-state index in [9.17, 15) is 9.59 Å². The summed E-state index contributed by atoms with van der Waals surface area (Å²) in [6.45, 7) is 6.42. The van der Waals surface area contributed by atoms with Crippen molar-refractivity contribution in [3.8, 4) is 5.75 Å². The third-order valence-electron chi connectivity index (χ3n) is 9.72. The first-order chi connectivity index (χ1) is 21.0. The number of ether oxygens (including phenoxy) is 1. The van der Waals surface area contributed by atoms with Gasteiger partial charge in [-0.15, -0.1) is 0 Å². The normalized spacial score (nSPS) is 18.7. The molecule has 0 spiro atoms. The van der Waals surface area contributed by atoms with Gasteiger partial charge >= 0.3 is 0 Å². The second-order valence-corrected chi connectivity index (χ2v) is 12.4. The molecule has 2 saturated carbocycles. The van der Waals surface area contributed by atoms with E-state index in [1.165, 1.54) is 49.7 Å². The lowest BCUT2D eigenvalue weighted by Gasteiger charge is -2.28. The highest BCUT2D eigenvalue weighted by Gasteiger charge is 2.34. The Labute approximate surface area is 255 Å². The standard InChI is InChI=1S/C21H27N3O2.C13H19N3O/c1-3-19-18-12-13-23(14-15-8-10-17(26-2)11-9-15)21(25)20(18)24(22-19)16-6-4-5-7-16;1-2-11-10-7-8-14-13(17)12(10)16(15-11)9-5-3-4-6-9/h8-11,16H,3-7,12-14H2,1-2H3;9H,2-8H2,1H3,(H,14,17). The van der Waals surface area contributed by atoms with E-state index in [1.807, 2.05) is 33.8 Å². The first-order valence-electron chi connectivity index (χ1n) is 16.4. The topological polar surface area (TPSA) is 94.3 Å². The molecule has 4 aliphatic rings. The SMILES string of the molecule is CCc1nn(C2CCCC2)c2c1CCN(Cc1ccc(OC)cc1)C2=O.CCc1nn(C2CCCC2)c2c1CCNC2=O. The van der Waals surface area contributed by atoms with Gasteiger partial charge in [-0.3, -0.25) is 19.0 Å². The third-order valence-corrected chi connectivity index (χ3v) is 9.72. The number of rotatable bonds is 7. The van der Waals surface area contributed by atoms with E-state index >= 15 is 0 Å². The second kappa shape index (κ2) is 12.9. The minimum atomic E-state index is 0.0744. The molecule has 2 fully saturated rings. The van der Waals surface area contributed by atoms with Crippen LogP contribution in [0.25, 0.3) is 0 Å². The number of carbonyl (C=O) groups is 2. The van der Waals surface area contributed by atoms with Gasteiger partial charge in [0.05, 0.1) is 30.6 Å². The number of fused-ring (bicyclic) bond motifs is 2. The Bertz CT molecular complexity index is 1440. The predicted molar refractivity (Wildman–Crippen MR) is 166 cm³/mol. The molecule has 2 amide bonds. The van der Waals surface area contributed by atoms with Crippen LogP contribution in [0.5, 0.6) is 5.75 Å². The predicted octanol–water partition coefficient (Wildman–Crippen LogP) is 5.61. The van der Waals surface area contributed by atoms with Crippen molar-refractivity contribution in [1.29, 1.82) is 0 Å². The largest absolute Gasteiger partial charge is 0.497 e. The molecule has 9 heteroatoms. The highest BCUT2D eigenvalue weighted by Crippen LogP contribution is 2.35. The van der Waals surface area contributed by atoms with Gasteiger partial charge in [0.15, 0.2) is 0 Å². The van der Waals surface area contributed by atoms with Gasteiger partial charge in [0.25, 0.3) is 11.8 Å². The Morgan fingerprint density at radius 3 is 1.93 bits per heavy atom. The fraction of sp³-hybridized carbons (Fsp3) is 0.588. The summed E-state index contributed by atoms with van der Waals surface area (Å²) in [5.41, 5.74) is 7.46. The van der Waals surface area contributed by atoms with Crippen LogP contribution >= 0.6 is 0 Å². The van der Waals surface area contributed by atoms with Gasteiger partial charge in [-0.05, 0) is 69.1 Å². The molecular formula is C34H46N6O3. The molecule has 2 aliphatic heterocycles. The van der Waals surface area contributed by atoms with Gasteiger partial charge in [0.2, 0.25) is 0 Å². The van der Waals surface area contributed by atoms with Gasteiger partial charge < -0.3 is 15.0 Å². The van der Waals surface area contributed by atoms with E-state index in [1.54, 1.807) is 7.11 Å². The molecule has 0 saturated heterocycles. The zero-order chi connectivity index (χ0) is 29.9. The number of hydrogen-bond acceptors (Lipinski definition) is 5. The molecule has 2 aromatic heterocycles. The smallest absolute Gasteiger partial charge is 0.272 e. The molecule has 230 valence electrons. The second-order valence-electron chi connectivity index (χ2n) is 12.4. The van der Waals surface area contributed by atoms with Crippen LogP contribution < -0.4 is 10.1 Å². The fourth-order valence-corrected chi connectivity index (χ4v) is 7.40. The summed E-state index contributed by atoms with van der Waals surface area (Å²) in [5, 5.41) is 12.5. The number of carbonyl (C=O) groups excluding carboxylic acids is 2. The summed E-state index contributed by atoms with van der Waals surface area (Å²) in [7, 11) is 1.67. The molecule has 0 radical (unpaired) electrons. The monoisotopic (exact) mass is 586 g/mol. The molecule has 0 unspecified atom stereocenters. The van der Waals surface area contributed by atoms with E-state index in [0.717, 1.165) is 85.7 Å². The quantitative estimate of drug-likeness (QED) is 0.388.